The van der Waals surface area contributed by atoms with Gasteiger partial charge in [-0.05, 0) is 19.3 Å². The number of imidazole rings is 1. The molecule has 1 aromatic rings. The Morgan fingerprint density at radius 2 is 2.57 bits per heavy atom. The van der Waals surface area contributed by atoms with Gasteiger partial charge in [-0.15, -0.1) is 0 Å². The average Bonchev–Trinajstić information content (AvgIpc) is 2.86. The predicted molar refractivity (Wildman–Crippen MR) is 53.7 cm³/mol. The minimum Gasteiger partial charge on any atom is -0.378 e. The van der Waals surface area contributed by atoms with Crippen LogP contribution in [0.3, 0.4) is 0 Å². The standard InChI is InChI=1S/C10H17N3O/c11-6-9-7-13(8-12-9)4-3-10-2-1-5-14-10/h7-8,10H,1-6,11H2. The van der Waals surface area contributed by atoms with Gasteiger partial charge in [0.05, 0.1) is 18.1 Å². The third-order valence-corrected chi connectivity index (χ3v) is 2.63. The van der Waals surface area contributed by atoms with Crippen LogP contribution in [0, 0.1) is 0 Å². The molecule has 1 fully saturated rings. The van der Waals surface area contributed by atoms with Gasteiger partial charge in [0, 0.05) is 25.9 Å². The molecule has 0 spiro atoms. The van der Waals surface area contributed by atoms with Crippen molar-refractivity contribution >= 4 is 0 Å². The van der Waals surface area contributed by atoms with Crippen molar-refractivity contribution in [3.63, 3.8) is 0 Å². The van der Waals surface area contributed by atoms with Crippen LogP contribution in [-0.4, -0.2) is 22.3 Å². The van der Waals surface area contributed by atoms with E-state index in [1.54, 1.807) is 0 Å². The van der Waals surface area contributed by atoms with Crippen molar-refractivity contribution in [1.82, 2.24) is 9.55 Å². The summed E-state index contributed by atoms with van der Waals surface area (Å²) >= 11 is 0. The van der Waals surface area contributed by atoms with Crippen LogP contribution in [0.15, 0.2) is 12.5 Å². The van der Waals surface area contributed by atoms with Crippen molar-refractivity contribution in [2.45, 2.75) is 38.5 Å². The number of hydrogen-bond donors (Lipinski definition) is 1. The van der Waals surface area contributed by atoms with E-state index in [1.165, 1.54) is 12.8 Å². The van der Waals surface area contributed by atoms with Gasteiger partial charge >= 0.3 is 0 Å². The Labute approximate surface area is 84.1 Å². The Balaban J connectivity index is 1.79. The largest absolute Gasteiger partial charge is 0.378 e. The Hall–Kier alpha value is -0.870. The van der Waals surface area contributed by atoms with Gasteiger partial charge in [-0.1, -0.05) is 0 Å². The maximum atomic E-state index is 5.55. The molecule has 0 amide bonds. The molecule has 0 saturated carbocycles. The van der Waals surface area contributed by atoms with Crippen LogP contribution < -0.4 is 5.73 Å². The fourth-order valence-corrected chi connectivity index (χ4v) is 1.80. The van der Waals surface area contributed by atoms with Crippen LogP contribution in [0.5, 0.6) is 0 Å². The van der Waals surface area contributed by atoms with E-state index in [4.69, 9.17) is 10.5 Å². The molecule has 2 rings (SSSR count). The lowest BCUT2D eigenvalue weighted by molar-refractivity contribution is 0.100. The van der Waals surface area contributed by atoms with Crippen molar-refractivity contribution in [3.8, 4) is 0 Å². The highest BCUT2D eigenvalue weighted by Gasteiger charge is 2.14. The number of nitrogens with two attached hydrogens (primary N) is 1. The predicted octanol–water partition coefficient (Wildman–Crippen LogP) is 0.911. The van der Waals surface area contributed by atoms with Gasteiger partial charge < -0.3 is 15.0 Å². The Morgan fingerprint density at radius 3 is 3.21 bits per heavy atom. The maximum absolute atomic E-state index is 5.55. The van der Waals surface area contributed by atoms with Gasteiger partial charge in [-0.25, -0.2) is 4.98 Å². The molecule has 2 N–H and O–H groups in total. The quantitative estimate of drug-likeness (QED) is 0.777. The first-order valence-electron chi connectivity index (χ1n) is 5.21. The molecule has 14 heavy (non-hydrogen) atoms. The van der Waals surface area contributed by atoms with Gasteiger partial charge in [-0.3, -0.25) is 0 Å². The molecule has 1 aromatic heterocycles. The number of aryl methyl sites for hydroxylation is 1. The van der Waals surface area contributed by atoms with Crippen molar-refractivity contribution in [1.29, 1.82) is 0 Å². The molecule has 78 valence electrons. The monoisotopic (exact) mass is 195 g/mol. The van der Waals surface area contributed by atoms with E-state index >= 15 is 0 Å². The zero-order chi connectivity index (χ0) is 9.80. The summed E-state index contributed by atoms with van der Waals surface area (Å²) in [5.74, 6) is 0. The minimum atomic E-state index is 0.457. The highest BCUT2D eigenvalue weighted by atomic mass is 16.5. The van der Waals surface area contributed by atoms with E-state index < -0.39 is 0 Å². The molecule has 2 heterocycles. The summed E-state index contributed by atoms with van der Waals surface area (Å²) in [4.78, 5) is 4.18. The highest BCUT2D eigenvalue weighted by molar-refractivity contribution is 4.95. The molecule has 1 atom stereocenters. The first-order valence-corrected chi connectivity index (χ1v) is 5.21. The summed E-state index contributed by atoms with van der Waals surface area (Å²) in [5, 5.41) is 0. The van der Waals surface area contributed by atoms with Crippen molar-refractivity contribution in [3.05, 3.63) is 18.2 Å². The Morgan fingerprint density at radius 1 is 1.64 bits per heavy atom. The van der Waals surface area contributed by atoms with E-state index in [0.717, 1.165) is 25.3 Å². The molecule has 4 heteroatoms. The summed E-state index contributed by atoms with van der Waals surface area (Å²) in [5.41, 5.74) is 6.44. The SMILES string of the molecule is NCc1cn(CCC2CCCO2)cn1. The van der Waals surface area contributed by atoms with Crippen LogP contribution >= 0.6 is 0 Å². The summed E-state index contributed by atoms with van der Waals surface area (Å²) < 4.78 is 7.64. The van der Waals surface area contributed by atoms with Gasteiger partial charge in [0.2, 0.25) is 0 Å². The molecule has 4 nitrogen and oxygen atoms in total. The molecule has 0 aliphatic carbocycles. The van der Waals surface area contributed by atoms with E-state index in [9.17, 15) is 0 Å². The number of rotatable bonds is 4. The lowest BCUT2D eigenvalue weighted by atomic mass is 10.2. The van der Waals surface area contributed by atoms with E-state index in [-0.39, 0.29) is 0 Å². The Kier molecular flexibility index (Phi) is 3.16. The van der Waals surface area contributed by atoms with E-state index in [1.807, 2.05) is 12.5 Å². The normalized spacial score (nSPS) is 21.6. The third-order valence-electron chi connectivity index (χ3n) is 2.63. The Bertz CT molecular complexity index is 279. The van der Waals surface area contributed by atoms with Crippen LogP contribution in [0.25, 0.3) is 0 Å². The zero-order valence-electron chi connectivity index (χ0n) is 8.35. The lowest BCUT2D eigenvalue weighted by Gasteiger charge is -2.08. The first-order chi connectivity index (χ1) is 6.88. The second kappa shape index (κ2) is 4.57. The van der Waals surface area contributed by atoms with Crippen molar-refractivity contribution in [2.24, 2.45) is 5.73 Å². The molecule has 0 radical (unpaired) electrons. The second-order valence-electron chi connectivity index (χ2n) is 3.73. The summed E-state index contributed by atoms with van der Waals surface area (Å²) in [7, 11) is 0. The fourth-order valence-electron chi connectivity index (χ4n) is 1.80. The third kappa shape index (κ3) is 2.33. The van der Waals surface area contributed by atoms with Gasteiger partial charge in [-0.2, -0.15) is 0 Å². The fraction of sp³-hybridized carbons (Fsp3) is 0.700. The number of aromatic nitrogens is 2. The summed E-state index contributed by atoms with van der Waals surface area (Å²) in [6, 6.07) is 0. The zero-order valence-corrected chi connectivity index (χ0v) is 8.35. The molecular weight excluding hydrogens is 178 g/mol. The van der Waals surface area contributed by atoms with E-state index in [0.29, 0.717) is 12.6 Å². The van der Waals surface area contributed by atoms with Gasteiger partial charge in [0.1, 0.15) is 0 Å². The first kappa shape index (κ1) is 9.68. The molecular formula is C10H17N3O. The van der Waals surface area contributed by atoms with Crippen LogP contribution in [0.4, 0.5) is 0 Å². The van der Waals surface area contributed by atoms with E-state index in [2.05, 4.69) is 9.55 Å². The maximum Gasteiger partial charge on any atom is 0.0949 e. The summed E-state index contributed by atoms with van der Waals surface area (Å²) in [6.07, 6.45) is 7.81. The molecule has 0 bridgehead atoms. The second-order valence-corrected chi connectivity index (χ2v) is 3.73. The smallest absolute Gasteiger partial charge is 0.0949 e. The van der Waals surface area contributed by atoms with Crippen LogP contribution in [-0.2, 0) is 17.8 Å². The van der Waals surface area contributed by atoms with Crippen molar-refractivity contribution < 1.29 is 4.74 Å². The van der Waals surface area contributed by atoms with Crippen LogP contribution in [0.1, 0.15) is 25.0 Å². The molecule has 1 aliphatic rings. The molecule has 1 saturated heterocycles. The highest BCUT2D eigenvalue weighted by Crippen LogP contribution is 2.15. The van der Waals surface area contributed by atoms with Crippen molar-refractivity contribution in [2.75, 3.05) is 6.61 Å². The lowest BCUT2D eigenvalue weighted by Crippen LogP contribution is -2.09. The number of ether oxygens (including phenoxy) is 1. The van der Waals surface area contributed by atoms with Crippen LogP contribution in [0.2, 0.25) is 0 Å². The number of hydrogen-bond acceptors (Lipinski definition) is 3. The molecule has 0 aromatic carbocycles. The molecule has 1 unspecified atom stereocenters. The van der Waals surface area contributed by atoms with Gasteiger partial charge in [0.25, 0.3) is 0 Å². The summed E-state index contributed by atoms with van der Waals surface area (Å²) in [6.45, 7) is 2.44. The minimum absolute atomic E-state index is 0.457. The topological polar surface area (TPSA) is 53.1 Å². The molecule has 1 aliphatic heterocycles. The van der Waals surface area contributed by atoms with Gasteiger partial charge in [0.15, 0.2) is 0 Å². The average molecular weight is 195 g/mol. The number of nitrogens with zero attached hydrogens (tertiary/aromatic N) is 2.